The average Bonchev–Trinajstić information content (AvgIpc) is 2.94. The number of hydrogen-bond donors (Lipinski definition) is 2. The molecule has 2 rings (SSSR count). The van der Waals surface area contributed by atoms with E-state index >= 15 is 0 Å². The monoisotopic (exact) mass is 369 g/mol. The van der Waals surface area contributed by atoms with Crippen molar-refractivity contribution in [2.24, 2.45) is 0 Å². The quantitative estimate of drug-likeness (QED) is 0.593. The molecule has 10 nitrogen and oxygen atoms in total. The topological polar surface area (TPSA) is 143 Å². The SMILES string of the molecule is CCOC(=O)CCCC(=O)OCC1CC(O)C(n2ccc(N)nc2=O)O1. The van der Waals surface area contributed by atoms with E-state index in [1.165, 1.54) is 12.3 Å². The summed E-state index contributed by atoms with van der Waals surface area (Å²) >= 11 is 0. The lowest BCUT2D eigenvalue weighted by molar-refractivity contribution is -0.149. The van der Waals surface area contributed by atoms with Gasteiger partial charge >= 0.3 is 17.6 Å². The number of esters is 2. The average molecular weight is 369 g/mol. The summed E-state index contributed by atoms with van der Waals surface area (Å²) in [5, 5.41) is 10.1. The van der Waals surface area contributed by atoms with Gasteiger partial charge in [0.25, 0.3) is 0 Å². The third-order valence-electron chi connectivity index (χ3n) is 3.79. The van der Waals surface area contributed by atoms with Crippen molar-refractivity contribution >= 4 is 17.8 Å². The van der Waals surface area contributed by atoms with Crippen LogP contribution in [0, 0.1) is 0 Å². The van der Waals surface area contributed by atoms with Crippen molar-refractivity contribution in [2.45, 2.75) is 51.0 Å². The van der Waals surface area contributed by atoms with Crippen LogP contribution in [-0.4, -0.2) is 52.0 Å². The molecule has 0 amide bonds. The highest BCUT2D eigenvalue weighted by Crippen LogP contribution is 2.28. The normalized spacial score (nSPS) is 22.2. The highest BCUT2D eigenvalue weighted by Gasteiger charge is 2.36. The Kier molecular flexibility index (Phi) is 7.10. The Hall–Kier alpha value is -2.46. The summed E-state index contributed by atoms with van der Waals surface area (Å²) < 4.78 is 16.6. The molecule has 10 heteroatoms. The molecule has 0 bridgehead atoms. The fourth-order valence-electron chi connectivity index (χ4n) is 2.58. The standard InChI is InChI=1S/C16H23N3O7/c1-2-24-13(21)4-3-5-14(22)25-9-10-8-11(20)15(26-10)19-7-6-12(17)18-16(19)23/h6-7,10-11,15,20H,2-5,8-9H2,1H3,(H2,17,18,23). The van der Waals surface area contributed by atoms with Gasteiger partial charge in [0.15, 0.2) is 6.23 Å². The van der Waals surface area contributed by atoms with Crippen LogP contribution in [0.2, 0.25) is 0 Å². The van der Waals surface area contributed by atoms with Gasteiger partial charge in [0.1, 0.15) is 18.5 Å². The van der Waals surface area contributed by atoms with Gasteiger partial charge in [-0.05, 0) is 19.4 Å². The molecule has 0 radical (unpaired) electrons. The molecule has 1 fully saturated rings. The number of nitrogens with two attached hydrogens (primary N) is 1. The molecule has 0 aromatic carbocycles. The van der Waals surface area contributed by atoms with Crippen LogP contribution >= 0.6 is 0 Å². The van der Waals surface area contributed by atoms with Crippen LogP contribution < -0.4 is 11.4 Å². The van der Waals surface area contributed by atoms with Gasteiger partial charge in [-0.1, -0.05) is 0 Å². The van der Waals surface area contributed by atoms with Crippen molar-refractivity contribution in [2.75, 3.05) is 18.9 Å². The number of nitrogens with zero attached hydrogens (tertiary/aromatic N) is 2. The van der Waals surface area contributed by atoms with Crippen molar-refractivity contribution in [1.29, 1.82) is 0 Å². The van der Waals surface area contributed by atoms with Gasteiger partial charge in [0.2, 0.25) is 0 Å². The Morgan fingerprint density at radius 1 is 1.38 bits per heavy atom. The van der Waals surface area contributed by atoms with Crippen molar-refractivity contribution in [3.63, 3.8) is 0 Å². The minimum Gasteiger partial charge on any atom is -0.466 e. The van der Waals surface area contributed by atoms with E-state index in [4.69, 9.17) is 19.9 Å². The number of aliphatic hydroxyl groups is 1. The molecule has 0 saturated carbocycles. The van der Waals surface area contributed by atoms with Crippen molar-refractivity contribution in [1.82, 2.24) is 9.55 Å². The summed E-state index contributed by atoms with van der Waals surface area (Å²) in [6.07, 6.45) is -0.238. The number of rotatable bonds is 8. The van der Waals surface area contributed by atoms with Crippen LogP contribution in [0.1, 0.15) is 38.8 Å². The Balaban J connectivity index is 1.77. The fourth-order valence-corrected chi connectivity index (χ4v) is 2.58. The van der Waals surface area contributed by atoms with Crippen LogP contribution in [0.3, 0.4) is 0 Å². The smallest absolute Gasteiger partial charge is 0.351 e. The molecule has 1 aliphatic heterocycles. The number of anilines is 1. The molecule has 2 heterocycles. The van der Waals surface area contributed by atoms with E-state index in [2.05, 4.69) is 4.98 Å². The summed E-state index contributed by atoms with van der Waals surface area (Å²) in [5.74, 6) is -0.748. The fraction of sp³-hybridized carbons (Fsp3) is 0.625. The van der Waals surface area contributed by atoms with Crippen LogP contribution in [0.4, 0.5) is 5.82 Å². The van der Waals surface area contributed by atoms with Crippen LogP contribution in [0.5, 0.6) is 0 Å². The highest BCUT2D eigenvalue weighted by molar-refractivity contribution is 5.72. The van der Waals surface area contributed by atoms with Crippen molar-refractivity contribution < 1.29 is 28.9 Å². The molecule has 3 unspecified atom stereocenters. The number of carbonyl (C=O) groups is 2. The molecule has 1 saturated heterocycles. The first-order chi connectivity index (χ1) is 12.4. The van der Waals surface area contributed by atoms with Crippen LogP contribution in [0.25, 0.3) is 0 Å². The maximum atomic E-state index is 11.8. The van der Waals surface area contributed by atoms with E-state index in [0.717, 1.165) is 4.57 Å². The first-order valence-electron chi connectivity index (χ1n) is 8.40. The first-order valence-corrected chi connectivity index (χ1v) is 8.40. The number of hydrogen-bond acceptors (Lipinski definition) is 9. The lowest BCUT2D eigenvalue weighted by Gasteiger charge is -2.17. The Morgan fingerprint density at radius 3 is 2.73 bits per heavy atom. The number of carbonyl (C=O) groups excluding carboxylic acids is 2. The van der Waals surface area contributed by atoms with E-state index in [-0.39, 0.29) is 37.7 Å². The first kappa shape index (κ1) is 19.9. The van der Waals surface area contributed by atoms with Crippen LogP contribution in [-0.2, 0) is 23.8 Å². The largest absolute Gasteiger partial charge is 0.466 e. The molecule has 26 heavy (non-hydrogen) atoms. The van der Waals surface area contributed by atoms with Gasteiger partial charge in [0, 0.05) is 25.5 Å². The summed E-state index contributed by atoms with van der Waals surface area (Å²) in [6.45, 7) is 1.96. The van der Waals surface area contributed by atoms with E-state index in [0.29, 0.717) is 13.0 Å². The maximum absolute atomic E-state index is 11.8. The summed E-state index contributed by atoms with van der Waals surface area (Å²) in [7, 11) is 0. The molecule has 1 aromatic heterocycles. The van der Waals surface area contributed by atoms with Crippen molar-refractivity contribution in [3.05, 3.63) is 22.7 Å². The Bertz CT molecular complexity index is 691. The zero-order chi connectivity index (χ0) is 19.1. The second-order valence-corrected chi connectivity index (χ2v) is 5.84. The maximum Gasteiger partial charge on any atom is 0.351 e. The molecule has 1 aromatic rings. The molecule has 0 aliphatic carbocycles. The predicted octanol–water partition coefficient (Wildman–Crippen LogP) is -0.249. The van der Waals surface area contributed by atoms with E-state index in [1.807, 2.05) is 0 Å². The summed E-state index contributed by atoms with van der Waals surface area (Å²) in [5.41, 5.74) is 4.80. The molecule has 3 N–H and O–H groups in total. The zero-order valence-corrected chi connectivity index (χ0v) is 14.5. The van der Waals surface area contributed by atoms with E-state index < -0.39 is 30.1 Å². The Labute approximate surface area is 149 Å². The number of ether oxygens (including phenoxy) is 3. The molecule has 3 atom stereocenters. The van der Waals surface area contributed by atoms with Crippen molar-refractivity contribution in [3.8, 4) is 0 Å². The second kappa shape index (κ2) is 9.30. The minimum absolute atomic E-state index is 0.0526. The van der Waals surface area contributed by atoms with Gasteiger partial charge in [-0.25, -0.2) is 4.79 Å². The van der Waals surface area contributed by atoms with Crippen LogP contribution in [0.15, 0.2) is 17.1 Å². The van der Waals surface area contributed by atoms with Gasteiger partial charge in [-0.2, -0.15) is 4.98 Å². The minimum atomic E-state index is -0.939. The lowest BCUT2D eigenvalue weighted by Crippen LogP contribution is -2.31. The Morgan fingerprint density at radius 2 is 2.08 bits per heavy atom. The van der Waals surface area contributed by atoms with Gasteiger partial charge in [-0.3, -0.25) is 14.2 Å². The number of nitrogen functional groups attached to an aromatic ring is 1. The molecular weight excluding hydrogens is 346 g/mol. The molecule has 144 valence electrons. The van der Waals surface area contributed by atoms with Gasteiger partial charge in [-0.15, -0.1) is 0 Å². The summed E-state index contributed by atoms with van der Waals surface area (Å²) in [6, 6.07) is 1.42. The molecular formula is C16H23N3O7. The third-order valence-corrected chi connectivity index (χ3v) is 3.79. The molecule has 1 aliphatic rings. The van der Waals surface area contributed by atoms with E-state index in [1.54, 1.807) is 6.92 Å². The summed E-state index contributed by atoms with van der Waals surface area (Å²) in [4.78, 5) is 38.3. The third kappa shape index (κ3) is 5.53. The van der Waals surface area contributed by atoms with Gasteiger partial charge in [0.05, 0.1) is 12.7 Å². The lowest BCUT2D eigenvalue weighted by atomic mass is 10.2. The molecule has 0 spiro atoms. The second-order valence-electron chi connectivity index (χ2n) is 5.84. The number of aliphatic hydroxyl groups excluding tert-OH is 1. The number of aromatic nitrogens is 2. The highest BCUT2D eigenvalue weighted by atomic mass is 16.6. The zero-order valence-electron chi connectivity index (χ0n) is 14.5. The van der Waals surface area contributed by atoms with Gasteiger partial charge < -0.3 is 25.1 Å². The van der Waals surface area contributed by atoms with E-state index in [9.17, 15) is 19.5 Å². The predicted molar refractivity (Wildman–Crippen MR) is 88.9 cm³/mol.